The van der Waals surface area contributed by atoms with Crippen LogP contribution in [0.15, 0.2) is 18.2 Å². The Hall–Kier alpha value is -1.86. The third-order valence-corrected chi connectivity index (χ3v) is 3.42. The van der Waals surface area contributed by atoms with Crippen LogP contribution in [0.25, 0.3) is 0 Å². The van der Waals surface area contributed by atoms with Crippen LogP contribution in [0.2, 0.25) is 5.02 Å². The van der Waals surface area contributed by atoms with Crippen LogP contribution < -0.4 is 5.32 Å². The van der Waals surface area contributed by atoms with Crippen molar-refractivity contribution in [2.24, 2.45) is 0 Å². The van der Waals surface area contributed by atoms with E-state index >= 15 is 0 Å². The van der Waals surface area contributed by atoms with Crippen LogP contribution in [0, 0.1) is 10.1 Å². The normalized spacial score (nSPS) is 22.0. The first-order chi connectivity index (χ1) is 9.86. The van der Waals surface area contributed by atoms with Crippen molar-refractivity contribution < 1.29 is 14.5 Å². The van der Waals surface area contributed by atoms with Crippen molar-refractivity contribution in [3.8, 4) is 0 Å². The molecule has 1 N–H and O–H groups in total. The molecule has 0 bridgehead atoms. The van der Waals surface area contributed by atoms with Gasteiger partial charge in [-0.2, -0.15) is 0 Å². The van der Waals surface area contributed by atoms with Crippen LogP contribution in [0.5, 0.6) is 0 Å². The summed E-state index contributed by atoms with van der Waals surface area (Å²) in [5.41, 5.74) is 0.0982. The van der Waals surface area contributed by atoms with Gasteiger partial charge in [-0.15, -0.1) is 0 Å². The topological polar surface area (TPSA) is 84.7 Å². The molecular formula is C13H16ClN3O4. The molecule has 0 saturated carbocycles. The number of halogens is 1. The van der Waals surface area contributed by atoms with E-state index < -0.39 is 4.92 Å². The number of nitrogens with one attached hydrogen (secondary N) is 1. The van der Waals surface area contributed by atoms with Gasteiger partial charge in [0.2, 0.25) is 0 Å². The fourth-order valence-electron chi connectivity index (χ4n) is 2.28. The van der Waals surface area contributed by atoms with Gasteiger partial charge in [0, 0.05) is 24.8 Å². The van der Waals surface area contributed by atoms with Crippen molar-refractivity contribution in [3.63, 3.8) is 0 Å². The number of nitro benzene ring substituents is 1. The minimum absolute atomic E-state index is 0.0339. The molecule has 1 aromatic carbocycles. The number of rotatable bonds is 2. The molecule has 2 amide bonds. The Morgan fingerprint density at radius 1 is 1.43 bits per heavy atom. The Morgan fingerprint density at radius 3 is 2.62 bits per heavy atom. The lowest BCUT2D eigenvalue weighted by Gasteiger charge is -2.35. The highest BCUT2D eigenvalue weighted by Gasteiger charge is 2.26. The van der Waals surface area contributed by atoms with E-state index in [1.807, 2.05) is 13.8 Å². The minimum Gasteiger partial charge on any atom is -0.372 e. The van der Waals surface area contributed by atoms with E-state index in [-0.39, 0.29) is 28.9 Å². The molecule has 114 valence electrons. The standard InChI is InChI=1S/C13H16ClN3O4/c1-8-6-16(7-9(2)21-8)13(18)15-10-3-4-11(14)12(5-10)17(19)20/h3-5,8-9H,6-7H2,1-2H3,(H,15,18)/t8-,9+. The Morgan fingerprint density at radius 2 is 2.05 bits per heavy atom. The summed E-state index contributed by atoms with van der Waals surface area (Å²) in [6.45, 7) is 4.74. The number of nitrogens with zero attached hydrogens (tertiary/aromatic N) is 2. The van der Waals surface area contributed by atoms with Gasteiger partial charge < -0.3 is 15.0 Å². The first-order valence-electron chi connectivity index (χ1n) is 6.52. The van der Waals surface area contributed by atoms with Crippen LogP contribution in [0.4, 0.5) is 16.2 Å². The summed E-state index contributed by atoms with van der Waals surface area (Å²) in [4.78, 5) is 24.0. The van der Waals surface area contributed by atoms with Crippen LogP contribution in [0.1, 0.15) is 13.8 Å². The van der Waals surface area contributed by atoms with Gasteiger partial charge in [0.25, 0.3) is 5.69 Å². The number of nitro groups is 1. The number of hydrogen-bond acceptors (Lipinski definition) is 4. The minimum atomic E-state index is -0.586. The summed E-state index contributed by atoms with van der Waals surface area (Å²) in [5.74, 6) is 0. The van der Waals surface area contributed by atoms with Crippen molar-refractivity contribution in [2.75, 3.05) is 18.4 Å². The molecule has 1 fully saturated rings. The summed E-state index contributed by atoms with van der Waals surface area (Å²) in [6.07, 6.45) is -0.0851. The van der Waals surface area contributed by atoms with Gasteiger partial charge in [0.05, 0.1) is 17.1 Å². The number of morpholine rings is 1. The third kappa shape index (κ3) is 3.83. The Bertz CT molecular complexity index is 556. The highest BCUT2D eigenvalue weighted by molar-refractivity contribution is 6.32. The smallest absolute Gasteiger partial charge is 0.322 e. The lowest BCUT2D eigenvalue weighted by molar-refractivity contribution is -0.384. The lowest BCUT2D eigenvalue weighted by Crippen LogP contribution is -2.49. The molecular weight excluding hydrogens is 298 g/mol. The molecule has 0 aromatic heterocycles. The monoisotopic (exact) mass is 313 g/mol. The molecule has 1 heterocycles. The molecule has 2 rings (SSSR count). The van der Waals surface area contributed by atoms with Crippen molar-refractivity contribution in [2.45, 2.75) is 26.1 Å². The predicted octanol–water partition coefficient (Wildman–Crippen LogP) is 2.89. The first kappa shape index (κ1) is 15.5. The number of hydrogen-bond donors (Lipinski definition) is 1. The largest absolute Gasteiger partial charge is 0.372 e. The van der Waals surface area contributed by atoms with Crippen molar-refractivity contribution in [3.05, 3.63) is 33.3 Å². The summed E-state index contributed by atoms with van der Waals surface area (Å²) in [7, 11) is 0. The maximum atomic E-state index is 12.2. The highest BCUT2D eigenvalue weighted by atomic mass is 35.5. The van der Waals surface area contributed by atoms with Crippen LogP contribution >= 0.6 is 11.6 Å². The molecule has 1 aliphatic rings. The summed E-state index contributed by atoms with van der Waals surface area (Å²) in [5, 5.41) is 13.5. The molecule has 0 aliphatic carbocycles. The van der Waals surface area contributed by atoms with Crippen LogP contribution in [0.3, 0.4) is 0 Å². The molecule has 1 aromatic rings. The van der Waals surface area contributed by atoms with E-state index in [9.17, 15) is 14.9 Å². The molecule has 2 atom stereocenters. The number of carbonyl (C=O) groups is 1. The SMILES string of the molecule is C[C@@H]1CN(C(=O)Nc2ccc(Cl)c([N+](=O)[O-])c2)C[C@H](C)O1. The van der Waals surface area contributed by atoms with Crippen molar-refractivity contribution >= 4 is 29.0 Å². The zero-order valence-electron chi connectivity index (χ0n) is 11.7. The summed E-state index contributed by atoms with van der Waals surface area (Å²) < 4.78 is 5.55. The average molecular weight is 314 g/mol. The molecule has 7 nitrogen and oxygen atoms in total. The van der Waals surface area contributed by atoms with Crippen LogP contribution in [-0.4, -0.2) is 41.2 Å². The van der Waals surface area contributed by atoms with E-state index in [0.717, 1.165) is 0 Å². The van der Waals surface area contributed by atoms with E-state index in [0.29, 0.717) is 18.8 Å². The fourth-order valence-corrected chi connectivity index (χ4v) is 2.46. The number of carbonyl (C=O) groups excluding carboxylic acids is 1. The Labute approximate surface area is 127 Å². The van der Waals surface area contributed by atoms with Gasteiger partial charge >= 0.3 is 6.03 Å². The van der Waals surface area contributed by atoms with Gasteiger partial charge in [0.1, 0.15) is 5.02 Å². The molecule has 1 aliphatic heterocycles. The highest BCUT2D eigenvalue weighted by Crippen LogP contribution is 2.27. The molecule has 0 radical (unpaired) electrons. The van der Waals surface area contributed by atoms with Gasteiger partial charge in [-0.3, -0.25) is 10.1 Å². The maximum Gasteiger partial charge on any atom is 0.322 e. The first-order valence-corrected chi connectivity index (χ1v) is 6.90. The number of amides is 2. The second kappa shape index (κ2) is 6.28. The average Bonchev–Trinajstić information content (AvgIpc) is 2.39. The van der Waals surface area contributed by atoms with Crippen molar-refractivity contribution in [1.82, 2.24) is 4.90 Å². The van der Waals surface area contributed by atoms with Gasteiger partial charge in [-0.25, -0.2) is 4.79 Å². The van der Waals surface area contributed by atoms with E-state index in [2.05, 4.69) is 5.32 Å². The molecule has 0 spiro atoms. The van der Waals surface area contributed by atoms with E-state index in [1.54, 1.807) is 4.90 Å². The molecule has 1 saturated heterocycles. The van der Waals surface area contributed by atoms with Gasteiger partial charge in [0.15, 0.2) is 0 Å². The molecule has 8 heteroatoms. The Kier molecular flexibility index (Phi) is 4.64. The zero-order chi connectivity index (χ0) is 15.6. The van der Waals surface area contributed by atoms with Gasteiger partial charge in [-0.05, 0) is 26.0 Å². The number of benzene rings is 1. The number of urea groups is 1. The van der Waals surface area contributed by atoms with Crippen LogP contribution in [-0.2, 0) is 4.74 Å². The maximum absolute atomic E-state index is 12.2. The zero-order valence-corrected chi connectivity index (χ0v) is 12.5. The summed E-state index contributed by atoms with van der Waals surface area (Å²) in [6, 6.07) is 3.85. The fraction of sp³-hybridized carbons (Fsp3) is 0.462. The quantitative estimate of drug-likeness (QED) is 0.672. The third-order valence-electron chi connectivity index (χ3n) is 3.10. The molecule has 21 heavy (non-hydrogen) atoms. The second-order valence-electron chi connectivity index (χ2n) is 5.02. The Balaban J connectivity index is 2.09. The van der Waals surface area contributed by atoms with E-state index in [4.69, 9.17) is 16.3 Å². The predicted molar refractivity (Wildman–Crippen MR) is 78.7 cm³/mol. The molecule has 0 unspecified atom stereocenters. The second-order valence-corrected chi connectivity index (χ2v) is 5.42. The number of anilines is 1. The van der Waals surface area contributed by atoms with Crippen molar-refractivity contribution in [1.29, 1.82) is 0 Å². The number of ether oxygens (including phenoxy) is 1. The lowest BCUT2D eigenvalue weighted by atomic mass is 10.2. The van der Waals surface area contributed by atoms with Gasteiger partial charge in [-0.1, -0.05) is 11.6 Å². The van der Waals surface area contributed by atoms with E-state index in [1.165, 1.54) is 18.2 Å². The summed E-state index contributed by atoms with van der Waals surface area (Å²) >= 11 is 5.73.